The molecule has 7 nitrogen and oxygen atoms in total. The van der Waals surface area contributed by atoms with Gasteiger partial charge in [0.15, 0.2) is 0 Å². The molecule has 0 heterocycles. The summed E-state index contributed by atoms with van der Waals surface area (Å²) in [6.07, 6.45) is -2.81. The molecule has 22 heavy (non-hydrogen) atoms. The van der Waals surface area contributed by atoms with E-state index >= 15 is 0 Å². The van der Waals surface area contributed by atoms with Crippen molar-refractivity contribution in [3.63, 3.8) is 0 Å². The minimum absolute atomic E-state index is 0.226. The molecule has 122 valence electrons. The Balaban J connectivity index is 2.69. The molecular formula is C14H19O7P. The second-order valence-electron chi connectivity index (χ2n) is 5.11. The number of carbonyl (C=O) groups is 2. The SMILES string of the molecule is O=C(O)CCC(CP(=O)(O)CC(O)c1ccccc1)C(=O)O. The van der Waals surface area contributed by atoms with Gasteiger partial charge in [-0.2, -0.15) is 0 Å². The predicted molar refractivity (Wildman–Crippen MR) is 79.0 cm³/mol. The molecule has 3 atom stereocenters. The third-order valence-corrected chi connectivity index (χ3v) is 5.13. The van der Waals surface area contributed by atoms with E-state index in [1.807, 2.05) is 0 Å². The van der Waals surface area contributed by atoms with E-state index in [1.54, 1.807) is 30.3 Å². The molecular weight excluding hydrogens is 311 g/mol. The van der Waals surface area contributed by atoms with Crippen molar-refractivity contribution in [3.8, 4) is 0 Å². The largest absolute Gasteiger partial charge is 0.481 e. The van der Waals surface area contributed by atoms with Gasteiger partial charge in [0.1, 0.15) is 0 Å². The number of aliphatic hydroxyl groups excluding tert-OH is 1. The van der Waals surface area contributed by atoms with Gasteiger partial charge in [-0.05, 0) is 12.0 Å². The lowest BCUT2D eigenvalue weighted by molar-refractivity contribution is -0.142. The van der Waals surface area contributed by atoms with Gasteiger partial charge in [-0.3, -0.25) is 14.2 Å². The Bertz CT molecular complexity index is 558. The van der Waals surface area contributed by atoms with Crippen LogP contribution in [0.1, 0.15) is 24.5 Å². The molecule has 3 unspecified atom stereocenters. The molecule has 0 amide bonds. The first kappa shape index (κ1) is 18.4. The summed E-state index contributed by atoms with van der Waals surface area (Å²) >= 11 is 0. The Kier molecular flexibility index (Phi) is 6.74. The van der Waals surface area contributed by atoms with Crippen LogP contribution in [0.3, 0.4) is 0 Å². The van der Waals surface area contributed by atoms with Crippen LogP contribution in [0.25, 0.3) is 0 Å². The van der Waals surface area contributed by atoms with Gasteiger partial charge in [0.2, 0.25) is 7.37 Å². The van der Waals surface area contributed by atoms with Gasteiger partial charge in [-0.15, -0.1) is 0 Å². The molecule has 0 radical (unpaired) electrons. The number of benzene rings is 1. The maximum Gasteiger partial charge on any atom is 0.307 e. The van der Waals surface area contributed by atoms with E-state index < -0.39 is 50.1 Å². The van der Waals surface area contributed by atoms with Crippen LogP contribution in [-0.2, 0) is 14.2 Å². The number of aliphatic hydroxyl groups is 1. The number of hydrogen-bond donors (Lipinski definition) is 4. The summed E-state index contributed by atoms with van der Waals surface area (Å²) in [4.78, 5) is 31.5. The zero-order valence-corrected chi connectivity index (χ0v) is 12.7. The molecule has 0 spiro atoms. The third kappa shape index (κ3) is 6.39. The third-order valence-electron chi connectivity index (χ3n) is 3.20. The lowest BCUT2D eigenvalue weighted by atomic mass is 10.1. The van der Waals surface area contributed by atoms with Crippen LogP contribution in [0.5, 0.6) is 0 Å². The van der Waals surface area contributed by atoms with Crippen LogP contribution in [0, 0.1) is 5.92 Å². The van der Waals surface area contributed by atoms with E-state index in [4.69, 9.17) is 10.2 Å². The van der Waals surface area contributed by atoms with E-state index in [1.165, 1.54) is 0 Å². The molecule has 0 aliphatic heterocycles. The molecule has 0 saturated heterocycles. The molecule has 1 rings (SSSR count). The fraction of sp³-hybridized carbons (Fsp3) is 0.429. The second kappa shape index (κ2) is 8.08. The molecule has 1 aromatic carbocycles. The van der Waals surface area contributed by atoms with E-state index in [9.17, 15) is 24.2 Å². The van der Waals surface area contributed by atoms with Gasteiger partial charge < -0.3 is 20.2 Å². The highest BCUT2D eigenvalue weighted by molar-refractivity contribution is 7.58. The number of carboxylic acids is 2. The minimum atomic E-state index is -3.91. The summed E-state index contributed by atoms with van der Waals surface area (Å²) in [7, 11) is -3.91. The van der Waals surface area contributed by atoms with Crippen LogP contribution >= 0.6 is 7.37 Å². The topological polar surface area (TPSA) is 132 Å². The summed E-state index contributed by atoms with van der Waals surface area (Å²) in [5.74, 6) is -3.71. The standard InChI is InChI=1S/C14H19O7P/c15-12(10-4-2-1-3-5-10)9-22(20,21)8-11(14(18)19)6-7-13(16)17/h1-5,11-12,15H,6-9H2,(H,16,17)(H,18,19)(H,20,21). The molecule has 4 N–H and O–H groups in total. The molecule has 0 bridgehead atoms. The van der Waals surface area contributed by atoms with Crippen molar-refractivity contribution in [2.24, 2.45) is 5.92 Å². The van der Waals surface area contributed by atoms with Gasteiger partial charge >= 0.3 is 11.9 Å². The lowest BCUT2D eigenvalue weighted by Crippen LogP contribution is -2.21. The van der Waals surface area contributed by atoms with Crippen molar-refractivity contribution in [1.29, 1.82) is 0 Å². The van der Waals surface area contributed by atoms with Crippen LogP contribution in [0.4, 0.5) is 0 Å². The first-order valence-corrected chi connectivity index (χ1v) is 8.73. The summed E-state index contributed by atoms with van der Waals surface area (Å²) < 4.78 is 12.1. The quantitative estimate of drug-likeness (QED) is 0.505. The van der Waals surface area contributed by atoms with Crippen LogP contribution in [0.2, 0.25) is 0 Å². The number of rotatable bonds is 9. The Morgan fingerprint density at radius 1 is 1.09 bits per heavy atom. The minimum Gasteiger partial charge on any atom is -0.481 e. The number of aliphatic carboxylic acids is 2. The maximum absolute atomic E-state index is 12.1. The van der Waals surface area contributed by atoms with E-state index in [2.05, 4.69) is 0 Å². The van der Waals surface area contributed by atoms with Gasteiger partial charge in [-0.1, -0.05) is 30.3 Å². The Morgan fingerprint density at radius 2 is 1.68 bits per heavy atom. The molecule has 1 aromatic rings. The van der Waals surface area contributed by atoms with Crippen molar-refractivity contribution >= 4 is 19.3 Å². The van der Waals surface area contributed by atoms with Crippen molar-refractivity contribution in [3.05, 3.63) is 35.9 Å². The Morgan fingerprint density at radius 3 is 2.18 bits per heavy atom. The monoisotopic (exact) mass is 330 g/mol. The van der Waals surface area contributed by atoms with Crippen molar-refractivity contribution in [1.82, 2.24) is 0 Å². The summed E-state index contributed by atoms with van der Waals surface area (Å²) in [5.41, 5.74) is 0.467. The normalized spacial score (nSPS) is 16.5. The maximum atomic E-state index is 12.1. The average Bonchev–Trinajstić information content (AvgIpc) is 2.43. The van der Waals surface area contributed by atoms with Gasteiger partial charge in [0.05, 0.1) is 18.2 Å². The predicted octanol–water partition coefficient (Wildman–Crippen LogP) is 1.56. The molecule has 8 heteroatoms. The molecule has 0 fully saturated rings. The van der Waals surface area contributed by atoms with Crippen molar-refractivity contribution in [2.75, 3.05) is 12.3 Å². The first-order valence-electron chi connectivity index (χ1n) is 6.70. The fourth-order valence-corrected chi connectivity index (χ4v) is 3.99. The lowest BCUT2D eigenvalue weighted by Gasteiger charge is -2.19. The van der Waals surface area contributed by atoms with Crippen LogP contribution < -0.4 is 0 Å². The summed E-state index contributed by atoms with van der Waals surface area (Å²) in [6.45, 7) is 0. The molecule has 0 aliphatic rings. The average molecular weight is 330 g/mol. The first-order chi connectivity index (χ1) is 10.2. The molecule has 0 aromatic heterocycles. The molecule has 0 saturated carbocycles. The second-order valence-corrected chi connectivity index (χ2v) is 7.53. The van der Waals surface area contributed by atoms with Gasteiger partial charge in [0.25, 0.3) is 0 Å². The smallest absolute Gasteiger partial charge is 0.307 e. The molecule has 0 aliphatic carbocycles. The summed E-state index contributed by atoms with van der Waals surface area (Å²) in [5, 5.41) is 27.5. The van der Waals surface area contributed by atoms with E-state index in [0.29, 0.717) is 5.56 Å². The van der Waals surface area contributed by atoms with Gasteiger partial charge in [0, 0.05) is 12.6 Å². The summed E-state index contributed by atoms with van der Waals surface area (Å²) in [6, 6.07) is 8.29. The van der Waals surface area contributed by atoms with E-state index in [0.717, 1.165) is 0 Å². The highest BCUT2D eigenvalue weighted by Gasteiger charge is 2.31. The van der Waals surface area contributed by atoms with Crippen LogP contribution in [-0.4, -0.2) is 44.5 Å². The fourth-order valence-electron chi connectivity index (χ4n) is 2.06. The van der Waals surface area contributed by atoms with Gasteiger partial charge in [-0.25, -0.2) is 0 Å². The van der Waals surface area contributed by atoms with E-state index in [-0.39, 0.29) is 6.42 Å². The van der Waals surface area contributed by atoms with Crippen LogP contribution in [0.15, 0.2) is 30.3 Å². The van der Waals surface area contributed by atoms with Crippen molar-refractivity contribution < 1.29 is 34.4 Å². The Hall–Kier alpha value is -1.69. The number of hydrogen-bond acceptors (Lipinski definition) is 4. The highest BCUT2D eigenvalue weighted by Crippen LogP contribution is 2.46. The zero-order chi connectivity index (χ0) is 16.8. The Labute approximate surface area is 127 Å². The zero-order valence-electron chi connectivity index (χ0n) is 11.8. The highest BCUT2D eigenvalue weighted by atomic mass is 31.2. The van der Waals surface area contributed by atoms with Crippen molar-refractivity contribution in [2.45, 2.75) is 18.9 Å². The number of carboxylic acid groups (broad SMARTS) is 2.